The van der Waals surface area contributed by atoms with Gasteiger partial charge in [-0.3, -0.25) is 4.98 Å². The fourth-order valence-electron chi connectivity index (χ4n) is 0.939. The van der Waals surface area contributed by atoms with E-state index in [0.717, 1.165) is 12.3 Å². The Morgan fingerprint density at radius 2 is 2.00 bits per heavy atom. The summed E-state index contributed by atoms with van der Waals surface area (Å²) >= 11 is 5.59. The lowest BCUT2D eigenvalue weighted by molar-refractivity contribution is -0.137. The van der Waals surface area contributed by atoms with E-state index in [-0.39, 0.29) is 23.1 Å². The van der Waals surface area contributed by atoms with Crippen LogP contribution in [-0.2, 0) is 6.18 Å². The molecule has 0 bridgehead atoms. The SMILES string of the molecule is C[C@@H](N)c1ncc(C(F)(F)F)cc1Cl.Cl. The van der Waals surface area contributed by atoms with E-state index in [2.05, 4.69) is 4.98 Å². The molecule has 0 aliphatic rings. The summed E-state index contributed by atoms with van der Waals surface area (Å²) < 4.78 is 36.5. The Labute approximate surface area is 96.0 Å². The molecule has 1 atom stereocenters. The molecule has 0 aromatic carbocycles. The maximum absolute atomic E-state index is 12.2. The van der Waals surface area contributed by atoms with Gasteiger partial charge in [0.2, 0.25) is 0 Å². The van der Waals surface area contributed by atoms with Crippen molar-refractivity contribution in [1.82, 2.24) is 4.98 Å². The molecule has 0 aliphatic heterocycles. The topological polar surface area (TPSA) is 38.9 Å². The molecule has 1 aromatic rings. The van der Waals surface area contributed by atoms with Gasteiger partial charge in [-0.15, -0.1) is 12.4 Å². The molecule has 86 valence electrons. The third-order valence-corrected chi connectivity index (χ3v) is 1.93. The second-order valence-electron chi connectivity index (χ2n) is 2.88. The van der Waals surface area contributed by atoms with Gasteiger partial charge in [0.1, 0.15) is 0 Å². The zero-order chi connectivity index (χ0) is 10.9. The first kappa shape index (κ1) is 14.5. The summed E-state index contributed by atoms with van der Waals surface area (Å²) in [7, 11) is 0. The highest BCUT2D eigenvalue weighted by atomic mass is 35.5. The Morgan fingerprint density at radius 3 is 2.33 bits per heavy atom. The number of hydrogen-bond donors (Lipinski definition) is 1. The molecule has 0 saturated carbocycles. The van der Waals surface area contributed by atoms with Gasteiger partial charge in [0.25, 0.3) is 0 Å². The average molecular weight is 261 g/mol. The van der Waals surface area contributed by atoms with Crippen LogP contribution in [0.1, 0.15) is 24.2 Å². The molecule has 0 saturated heterocycles. The van der Waals surface area contributed by atoms with Crippen LogP contribution in [0.4, 0.5) is 13.2 Å². The molecule has 0 aliphatic carbocycles. The molecule has 2 N–H and O–H groups in total. The number of alkyl halides is 3. The molecule has 0 unspecified atom stereocenters. The van der Waals surface area contributed by atoms with Crippen molar-refractivity contribution in [2.45, 2.75) is 19.1 Å². The van der Waals surface area contributed by atoms with Crippen molar-refractivity contribution in [2.75, 3.05) is 0 Å². The Bertz CT molecular complexity index is 339. The highest BCUT2D eigenvalue weighted by Crippen LogP contribution is 2.31. The van der Waals surface area contributed by atoms with E-state index >= 15 is 0 Å². The average Bonchev–Trinajstić information content (AvgIpc) is 2.01. The number of hydrogen-bond acceptors (Lipinski definition) is 2. The van der Waals surface area contributed by atoms with E-state index in [1.54, 1.807) is 6.92 Å². The summed E-state index contributed by atoms with van der Waals surface area (Å²) in [6, 6.07) is 0.345. The molecule has 15 heavy (non-hydrogen) atoms. The third-order valence-electron chi connectivity index (χ3n) is 1.63. The van der Waals surface area contributed by atoms with Crippen molar-refractivity contribution in [3.05, 3.63) is 28.5 Å². The third kappa shape index (κ3) is 3.52. The minimum Gasteiger partial charge on any atom is -0.323 e. The summed E-state index contributed by atoms with van der Waals surface area (Å²) in [6.07, 6.45) is -3.70. The van der Waals surface area contributed by atoms with Crippen LogP contribution in [0.2, 0.25) is 5.02 Å². The zero-order valence-corrected chi connectivity index (χ0v) is 9.25. The zero-order valence-electron chi connectivity index (χ0n) is 7.68. The number of nitrogens with two attached hydrogens (primary N) is 1. The van der Waals surface area contributed by atoms with Crippen molar-refractivity contribution in [3.63, 3.8) is 0 Å². The van der Waals surface area contributed by atoms with Gasteiger partial charge < -0.3 is 5.73 Å². The first-order valence-electron chi connectivity index (χ1n) is 3.80. The summed E-state index contributed by atoms with van der Waals surface area (Å²) in [6.45, 7) is 1.60. The van der Waals surface area contributed by atoms with Gasteiger partial charge >= 0.3 is 6.18 Å². The van der Waals surface area contributed by atoms with Gasteiger partial charge in [-0.1, -0.05) is 11.6 Å². The van der Waals surface area contributed by atoms with Gasteiger partial charge in [-0.25, -0.2) is 0 Å². The number of halogens is 5. The fourth-order valence-corrected chi connectivity index (χ4v) is 1.28. The molecule has 1 rings (SSSR count). The van der Waals surface area contributed by atoms with Crippen LogP contribution < -0.4 is 5.73 Å². The largest absolute Gasteiger partial charge is 0.417 e. The number of pyridine rings is 1. The molecular formula is C8H9Cl2F3N2. The fraction of sp³-hybridized carbons (Fsp3) is 0.375. The van der Waals surface area contributed by atoms with Crippen molar-refractivity contribution in [3.8, 4) is 0 Å². The quantitative estimate of drug-likeness (QED) is 0.843. The standard InChI is InChI=1S/C8H8ClF3N2.ClH/c1-4(13)7-6(9)2-5(3-14-7)8(10,11)12;/h2-4H,13H2,1H3;1H/t4-;/m1./s1. The highest BCUT2D eigenvalue weighted by molar-refractivity contribution is 6.31. The molecule has 0 fully saturated rings. The summed E-state index contributed by atoms with van der Waals surface area (Å²) in [5.74, 6) is 0. The Balaban J connectivity index is 0.00000196. The van der Waals surface area contributed by atoms with Crippen molar-refractivity contribution in [1.29, 1.82) is 0 Å². The van der Waals surface area contributed by atoms with E-state index in [1.165, 1.54) is 0 Å². The van der Waals surface area contributed by atoms with Crippen molar-refractivity contribution < 1.29 is 13.2 Å². The van der Waals surface area contributed by atoms with Gasteiger partial charge in [0.15, 0.2) is 0 Å². The Kier molecular flexibility index (Phi) is 4.83. The van der Waals surface area contributed by atoms with Crippen LogP contribution in [0.3, 0.4) is 0 Å². The van der Waals surface area contributed by atoms with Crippen LogP contribution in [0, 0.1) is 0 Å². The lowest BCUT2D eigenvalue weighted by Gasteiger charge is -2.10. The molecule has 1 heterocycles. The van der Waals surface area contributed by atoms with E-state index < -0.39 is 17.8 Å². The molecule has 0 spiro atoms. The highest BCUT2D eigenvalue weighted by Gasteiger charge is 2.31. The molecule has 0 amide bonds. The first-order valence-corrected chi connectivity index (χ1v) is 4.18. The van der Waals surface area contributed by atoms with E-state index in [1.807, 2.05) is 0 Å². The van der Waals surface area contributed by atoms with E-state index in [9.17, 15) is 13.2 Å². The minimum atomic E-state index is -4.42. The number of nitrogens with zero attached hydrogens (tertiary/aromatic N) is 1. The minimum absolute atomic E-state index is 0. The Morgan fingerprint density at radius 1 is 1.47 bits per heavy atom. The lowest BCUT2D eigenvalue weighted by Crippen LogP contribution is -2.11. The van der Waals surface area contributed by atoms with Crippen LogP contribution >= 0.6 is 24.0 Å². The molecular weight excluding hydrogens is 252 g/mol. The van der Waals surface area contributed by atoms with Crippen molar-refractivity contribution >= 4 is 24.0 Å². The summed E-state index contributed by atoms with van der Waals surface area (Å²) in [5.41, 5.74) is 4.84. The van der Waals surface area contributed by atoms with Crippen LogP contribution in [0.5, 0.6) is 0 Å². The monoisotopic (exact) mass is 260 g/mol. The predicted molar refractivity (Wildman–Crippen MR) is 54.1 cm³/mol. The van der Waals surface area contributed by atoms with Crippen LogP contribution in [0.25, 0.3) is 0 Å². The predicted octanol–water partition coefficient (Wildman–Crippen LogP) is 3.20. The lowest BCUT2D eigenvalue weighted by atomic mass is 10.2. The maximum Gasteiger partial charge on any atom is 0.417 e. The smallest absolute Gasteiger partial charge is 0.323 e. The van der Waals surface area contributed by atoms with E-state index in [4.69, 9.17) is 17.3 Å². The molecule has 2 nitrogen and oxygen atoms in total. The summed E-state index contributed by atoms with van der Waals surface area (Å²) in [4.78, 5) is 3.57. The molecule has 1 aromatic heterocycles. The van der Waals surface area contributed by atoms with Crippen LogP contribution in [-0.4, -0.2) is 4.98 Å². The second-order valence-corrected chi connectivity index (χ2v) is 3.28. The Hall–Kier alpha value is -0.520. The van der Waals surface area contributed by atoms with Gasteiger partial charge in [0.05, 0.1) is 16.3 Å². The molecule has 0 radical (unpaired) electrons. The molecule has 7 heteroatoms. The second kappa shape index (κ2) is 5.01. The van der Waals surface area contributed by atoms with Gasteiger partial charge in [-0.2, -0.15) is 13.2 Å². The maximum atomic E-state index is 12.2. The normalized spacial score (nSPS) is 13.2. The van der Waals surface area contributed by atoms with E-state index in [0.29, 0.717) is 0 Å². The van der Waals surface area contributed by atoms with Crippen LogP contribution in [0.15, 0.2) is 12.3 Å². The first-order chi connectivity index (χ1) is 6.32. The van der Waals surface area contributed by atoms with Gasteiger partial charge in [0, 0.05) is 12.2 Å². The van der Waals surface area contributed by atoms with Crippen molar-refractivity contribution in [2.24, 2.45) is 5.73 Å². The summed E-state index contributed by atoms with van der Waals surface area (Å²) in [5, 5.41) is -0.0603. The number of aromatic nitrogens is 1. The van der Waals surface area contributed by atoms with Gasteiger partial charge in [-0.05, 0) is 13.0 Å². The number of rotatable bonds is 1.